The quantitative estimate of drug-likeness (QED) is 0.815. The largest absolute Gasteiger partial charge is 0.393 e. The Balaban J connectivity index is 2.06. The van der Waals surface area contributed by atoms with E-state index in [1.807, 2.05) is 0 Å². The third-order valence-corrected chi connectivity index (χ3v) is 5.55. The Bertz CT molecular complexity index is 597. The molecule has 0 aromatic heterocycles. The molecule has 21 heavy (non-hydrogen) atoms. The van der Waals surface area contributed by atoms with Gasteiger partial charge in [0.1, 0.15) is 0 Å². The third kappa shape index (κ3) is 4.76. The van der Waals surface area contributed by atoms with Crippen molar-refractivity contribution in [3.8, 4) is 0 Å². The topological polar surface area (TPSA) is 72.2 Å². The van der Waals surface area contributed by atoms with Crippen molar-refractivity contribution in [3.63, 3.8) is 0 Å². The minimum Gasteiger partial charge on any atom is -0.393 e. The lowest BCUT2D eigenvalue weighted by Crippen LogP contribution is -2.37. The van der Waals surface area contributed by atoms with E-state index in [1.165, 1.54) is 6.42 Å². The number of nitrogens with two attached hydrogens (primary N) is 1. The molecule has 3 N–H and O–H groups in total. The summed E-state index contributed by atoms with van der Waals surface area (Å²) < 4.78 is 27.6. The predicted molar refractivity (Wildman–Crippen MR) is 88.7 cm³/mol. The molecule has 1 saturated carbocycles. The number of benzene rings is 1. The van der Waals surface area contributed by atoms with Gasteiger partial charge in [-0.3, -0.25) is 0 Å². The van der Waals surface area contributed by atoms with E-state index >= 15 is 0 Å². The van der Waals surface area contributed by atoms with Crippen molar-refractivity contribution in [1.29, 1.82) is 0 Å². The number of rotatable bonds is 5. The molecule has 4 nitrogen and oxygen atoms in total. The average Bonchev–Trinajstić information content (AvgIpc) is 2.38. The second kappa shape index (κ2) is 6.85. The van der Waals surface area contributed by atoms with Crippen LogP contribution in [-0.2, 0) is 16.4 Å². The molecule has 1 aromatic rings. The molecule has 1 aromatic carbocycles. The van der Waals surface area contributed by atoms with Gasteiger partial charge in [0.25, 0.3) is 0 Å². The fraction of sp³-hybridized carbons (Fsp3) is 0.533. The molecule has 2 rings (SSSR count). The van der Waals surface area contributed by atoms with Crippen molar-refractivity contribution in [1.82, 2.24) is 4.72 Å². The van der Waals surface area contributed by atoms with Crippen molar-refractivity contribution in [2.45, 2.75) is 50.0 Å². The highest BCUT2D eigenvalue weighted by molar-refractivity contribution is 7.89. The molecular formula is C15H22N2O2S2. The molecule has 2 atom stereocenters. The molecule has 1 fully saturated rings. The van der Waals surface area contributed by atoms with Crippen LogP contribution in [0.5, 0.6) is 0 Å². The summed E-state index contributed by atoms with van der Waals surface area (Å²) in [6.45, 7) is 2.17. The molecule has 0 spiro atoms. The molecular weight excluding hydrogens is 304 g/mol. The normalized spacial score (nSPS) is 22.9. The van der Waals surface area contributed by atoms with Gasteiger partial charge in [-0.2, -0.15) is 0 Å². The SMILES string of the molecule is CC1CCCC(NS(=O)(=O)c2ccc(CC(N)=S)cc2)C1. The zero-order valence-corrected chi connectivity index (χ0v) is 13.8. The van der Waals surface area contributed by atoms with Gasteiger partial charge in [0, 0.05) is 12.5 Å². The van der Waals surface area contributed by atoms with Crippen molar-refractivity contribution in [2.75, 3.05) is 0 Å². The van der Waals surface area contributed by atoms with Gasteiger partial charge >= 0.3 is 0 Å². The summed E-state index contributed by atoms with van der Waals surface area (Å²) in [7, 11) is -3.44. The van der Waals surface area contributed by atoms with Gasteiger partial charge in [0.15, 0.2) is 0 Å². The van der Waals surface area contributed by atoms with Crippen LogP contribution in [0.2, 0.25) is 0 Å². The fourth-order valence-corrected chi connectivity index (χ4v) is 4.27. The summed E-state index contributed by atoms with van der Waals surface area (Å²) in [6, 6.07) is 6.80. The number of nitrogens with one attached hydrogen (secondary N) is 1. The minimum atomic E-state index is -3.44. The molecule has 2 unspecified atom stereocenters. The maximum atomic E-state index is 12.4. The lowest BCUT2D eigenvalue weighted by atomic mass is 9.88. The summed E-state index contributed by atoms with van der Waals surface area (Å²) in [4.78, 5) is 0.701. The monoisotopic (exact) mass is 326 g/mol. The molecule has 0 amide bonds. The van der Waals surface area contributed by atoms with Crippen molar-refractivity contribution >= 4 is 27.2 Å². The molecule has 0 radical (unpaired) electrons. The van der Waals surface area contributed by atoms with Crippen LogP contribution in [-0.4, -0.2) is 19.4 Å². The Morgan fingerprint density at radius 2 is 2.00 bits per heavy atom. The van der Waals surface area contributed by atoms with Gasteiger partial charge in [0.2, 0.25) is 10.0 Å². The molecule has 116 valence electrons. The fourth-order valence-electron chi connectivity index (χ4n) is 2.82. The summed E-state index contributed by atoms with van der Waals surface area (Å²) >= 11 is 4.85. The number of hydrogen-bond donors (Lipinski definition) is 2. The first-order valence-electron chi connectivity index (χ1n) is 7.26. The number of thiocarbonyl (C=S) groups is 1. The van der Waals surface area contributed by atoms with E-state index in [2.05, 4.69) is 11.6 Å². The van der Waals surface area contributed by atoms with Gasteiger partial charge < -0.3 is 5.73 Å². The second-order valence-electron chi connectivity index (χ2n) is 5.88. The van der Waals surface area contributed by atoms with E-state index in [0.717, 1.165) is 24.8 Å². The minimum absolute atomic E-state index is 0.0510. The van der Waals surface area contributed by atoms with Crippen LogP contribution in [0.25, 0.3) is 0 Å². The van der Waals surface area contributed by atoms with E-state index in [-0.39, 0.29) is 6.04 Å². The van der Waals surface area contributed by atoms with Crippen LogP contribution in [0.4, 0.5) is 0 Å². The van der Waals surface area contributed by atoms with Crippen LogP contribution in [0, 0.1) is 5.92 Å². The molecule has 1 aliphatic carbocycles. The predicted octanol–water partition coefficient (Wildman–Crippen LogP) is 2.37. The number of hydrogen-bond acceptors (Lipinski definition) is 3. The highest BCUT2D eigenvalue weighted by Crippen LogP contribution is 2.25. The van der Waals surface area contributed by atoms with Crippen LogP contribution >= 0.6 is 12.2 Å². The Morgan fingerprint density at radius 3 is 2.57 bits per heavy atom. The lowest BCUT2D eigenvalue weighted by Gasteiger charge is -2.27. The Morgan fingerprint density at radius 1 is 1.33 bits per heavy atom. The van der Waals surface area contributed by atoms with Crippen LogP contribution in [0.15, 0.2) is 29.2 Å². The van der Waals surface area contributed by atoms with E-state index in [9.17, 15) is 8.42 Å². The van der Waals surface area contributed by atoms with Gasteiger partial charge in [-0.15, -0.1) is 0 Å². The van der Waals surface area contributed by atoms with Gasteiger partial charge in [-0.1, -0.05) is 44.1 Å². The van der Waals surface area contributed by atoms with Gasteiger partial charge in [0.05, 0.1) is 9.88 Å². The van der Waals surface area contributed by atoms with Crippen LogP contribution in [0.1, 0.15) is 38.2 Å². The molecule has 1 aliphatic rings. The summed E-state index contributed by atoms with van der Waals surface area (Å²) in [5.74, 6) is 0.583. The highest BCUT2D eigenvalue weighted by Gasteiger charge is 2.24. The third-order valence-electron chi connectivity index (χ3n) is 3.87. The summed E-state index contributed by atoms with van der Waals surface area (Å²) in [5.41, 5.74) is 6.41. The first kappa shape index (κ1) is 16.4. The van der Waals surface area contributed by atoms with Crippen molar-refractivity contribution in [3.05, 3.63) is 29.8 Å². The lowest BCUT2D eigenvalue weighted by molar-refractivity contribution is 0.327. The van der Waals surface area contributed by atoms with Crippen LogP contribution < -0.4 is 10.5 Å². The van der Waals surface area contributed by atoms with E-state index in [0.29, 0.717) is 22.2 Å². The zero-order valence-electron chi connectivity index (χ0n) is 12.2. The van der Waals surface area contributed by atoms with Crippen LogP contribution in [0.3, 0.4) is 0 Å². The molecule has 0 aliphatic heterocycles. The first-order valence-corrected chi connectivity index (χ1v) is 9.15. The van der Waals surface area contributed by atoms with E-state index in [4.69, 9.17) is 18.0 Å². The first-order chi connectivity index (χ1) is 9.87. The molecule has 0 saturated heterocycles. The molecule has 6 heteroatoms. The Hall–Kier alpha value is -0.980. The molecule has 0 heterocycles. The smallest absolute Gasteiger partial charge is 0.240 e. The summed E-state index contributed by atoms with van der Waals surface area (Å²) in [5, 5.41) is 0. The standard InChI is InChI=1S/C15H22N2O2S2/c1-11-3-2-4-13(9-11)17-21(18,19)14-7-5-12(6-8-14)10-15(16)20/h5-8,11,13,17H,2-4,9-10H2,1H3,(H2,16,20). The van der Waals surface area contributed by atoms with Gasteiger partial charge in [-0.05, 0) is 36.5 Å². The van der Waals surface area contributed by atoms with Gasteiger partial charge in [-0.25, -0.2) is 13.1 Å². The van der Waals surface area contributed by atoms with E-state index < -0.39 is 10.0 Å². The maximum absolute atomic E-state index is 12.4. The van der Waals surface area contributed by atoms with Crippen molar-refractivity contribution in [2.24, 2.45) is 11.7 Å². The summed E-state index contributed by atoms with van der Waals surface area (Å²) in [6.07, 6.45) is 4.60. The average molecular weight is 326 g/mol. The Labute approximate surface area is 132 Å². The molecule has 0 bridgehead atoms. The Kier molecular flexibility index (Phi) is 5.35. The van der Waals surface area contributed by atoms with Crippen molar-refractivity contribution < 1.29 is 8.42 Å². The second-order valence-corrected chi connectivity index (χ2v) is 8.12. The zero-order chi connectivity index (χ0) is 15.5. The highest BCUT2D eigenvalue weighted by atomic mass is 32.2. The van der Waals surface area contributed by atoms with E-state index in [1.54, 1.807) is 24.3 Å². The number of sulfonamides is 1. The maximum Gasteiger partial charge on any atom is 0.240 e.